The van der Waals surface area contributed by atoms with Gasteiger partial charge in [0.2, 0.25) is 5.91 Å². The molecule has 0 aliphatic carbocycles. The molecule has 1 N–H and O–H groups in total. The Morgan fingerprint density at radius 3 is 2.73 bits per heavy atom. The van der Waals surface area contributed by atoms with Crippen LogP contribution in [-0.4, -0.2) is 26.4 Å². The number of nitrogens with one attached hydrogen (secondary N) is 1. The zero-order valence-corrected chi connectivity index (χ0v) is 12.6. The number of halogens is 3. The zero-order chi connectivity index (χ0) is 16.3. The van der Waals surface area contributed by atoms with E-state index in [-0.39, 0.29) is 11.8 Å². The van der Waals surface area contributed by atoms with Gasteiger partial charge in [-0.05, 0) is 26.0 Å². The summed E-state index contributed by atoms with van der Waals surface area (Å²) in [6.45, 7) is 3.87. The van der Waals surface area contributed by atoms with Gasteiger partial charge in [0.25, 0.3) is 0 Å². The number of carbonyl (C=O) groups excluding carboxylic acids is 1. The van der Waals surface area contributed by atoms with Crippen molar-refractivity contribution < 1.29 is 18.0 Å². The van der Waals surface area contributed by atoms with Crippen LogP contribution >= 0.6 is 11.8 Å². The fourth-order valence-electron chi connectivity index (χ4n) is 1.63. The smallest absolute Gasteiger partial charge is 0.234 e. The van der Waals surface area contributed by atoms with E-state index in [1.54, 1.807) is 10.9 Å². The number of aromatic nitrogens is 3. The van der Waals surface area contributed by atoms with Gasteiger partial charge in [0.05, 0.1) is 11.4 Å². The topological polar surface area (TPSA) is 59.8 Å². The minimum absolute atomic E-state index is 0.0656. The van der Waals surface area contributed by atoms with E-state index in [1.807, 2.05) is 13.8 Å². The Labute approximate surface area is 128 Å². The Balaban J connectivity index is 1.99. The van der Waals surface area contributed by atoms with Crippen LogP contribution in [0.25, 0.3) is 0 Å². The molecule has 1 aromatic carbocycles. The standard InChI is InChI=1S/C13H13F3N4OS/c1-7(2)20-6-17-19-13(20)22-5-10(21)18-9-4-3-8(14)11(15)12(9)16/h3-4,6-7H,5H2,1-2H3,(H,18,21). The van der Waals surface area contributed by atoms with E-state index in [2.05, 4.69) is 15.5 Å². The predicted octanol–water partition coefficient (Wildman–Crippen LogP) is 3.01. The van der Waals surface area contributed by atoms with E-state index in [0.29, 0.717) is 5.16 Å². The van der Waals surface area contributed by atoms with Crippen molar-refractivity contribution in [3.63, 3.8) is 0 Å². The number of anilines is 1. The van der Waals surface area contributed by atoms with Crippen molar-refractivity contribution in [1.29, 1.82) is 0 Å². The Morgan fingerprint density at radius 1 is 1.32 bits per heavy atom. The first-order valence-corrected chi connectivity index (χ1v) is 7.34. The second-order valence-corrected chi connectivity index (χ2v) is 5.62. The van der Waals surface area contributed by atoms with Crippen LogP contribution in [0.2, 0.25) is 0 Å². The summed E-state index contributed by atoms with van der Waals surface area (Å²) >= 11 is 1.11. The summed E-state index contributed by atoms with van der Waals surface area (Å²) in [5, 5.41) is 10.4. The molecule has 0 saturated heterocycles. The van der Waals surface area contributed by atoms with Crippen LogP contribution in [0.3, 0.4) is 0 Å². The Kier molecular flexibility index (Phi) is 5.07. The average Bonchev–Trinajstić information content (AvgIpc) is 2.94. The first-order chi connectivity index (χ1) is 10.4. The van der Waals surface area contributed by atoms with Crippen molar-refractivity contribution in [2.24, 2.45) is 0 Å². The van der Waals surface area contributed by atoms with Gasteiger partial charge >= 0.3 is 0 Å². The molecule has 0 bridgehead atoms. The van der Waals surface area contributed by atoms with Gasteiger partial charge in [-0.15, -0.1) is 10.2 Å². The maximum atomic E-state index is 13.4. The molecule has 5 nitrogen and oxygen atoms in total. The van der Waals surface area contributed by atoms with Crippen LogP contribution in [-0.2, 0) is 4.79 Å². The van der Waals surface area contributed by atoms with Crippen molar-refractivity contribution in [1.82, 2.24) is 14.8 Å². The third-order valence-corrected chi connectivity index (χ3v) is 3.70. The van der Waals surface area contributed by atoms with Gasteiger partial charge in [-0.3, -0.25) is 4.79 Å². The molecule has 118 valence electrons. The lowest BCUT2D eigenvalue weighted by Crippen LogP contribution is -2.16. The van der Waals surface area contributed by atoms with Gasteiger partial charge in [-0.2, -0.15) is 0 Å². The third-order valence-electron chi connectivity index (χ3n) is 2.74. The Bertz CT molecular complexity index is 690. The summed E-state index contributed by atoms with van der Waals surface area (Å²) in [6.07, 6.45) is 1.54. The highest BCUT2D eigenvalue weighted by molar-refractivity contribution is 7.99. The van der Waals surface area contributed by atoms with Crippen LogP contribution < -0.4 is 5.32 Å². The average molecular weight is 330 g/mol. The lowest BCUT2D eigenvalue weighted by atomic mass is 10.3. The molecule has 22 heavy (non-hydrogen) atoms. The second kappa shape index (κ2) is 6.82. The van der Waals surface area contributed by atoms with Crippen molar-refractivity contribution >= 4 is 23.4 Å². The van der Waals surface area contributed by atoms with Gasteiger partial charge in [-0.1, -0.05) is 11.8 Å². The molecule has 1 aromatic heterocycles. The van der Waals surface area contributed by atoms with E-state index in [1.165, 1.54) is 0 Å². The molecule has 0 unspecified atom stereocenters. The summed E-state index contributed by atoms with van der Waals surface area (Å²) in [6, 6.07) is 1.84. The van der Waals surface area contributed by atoms with E-state index in [9.17, 15) is 18.0 Å². The molecule has 0 atom stereocenters. The van der Waals surface area contributed by atoms with Crippen molar-refractivity contribution in [2.75, 3.05) is 11.1 Å². The number of benzene rings is 1. The number of thioether (sulfide) groups is 1. The van der Waals surface area contributed by atoms with Gasteiger partial charge in [0, 0.05) is 6.04 Å². The summed E-state index contributed by atoms with van der Waals surface area (Å²) < 4.78 is 41.1. The normalized spacial score (nSPS) is 11.0. The molecule has 1 heterocycles. The van der Waals surface area contributed by atoms with Crippen molar-refractivity contribution in [3.8, 4) is 0 Å². The van der Waals surface area contributed by atoms with Crippen LogP contribution in [0.1, 0.15) is 19.9 Å². The first-order valence-electron chi connectivity index (χ1n) is 6.35. The monoisotopic (exact) mass is 330 g/mol. The molecular weight excluding hydrogens is 317 g/mol. The Hall–Kier alpha value is -2.03. The van der Waals surface area contributed by atoms with Gasteiger partial charge in [0.15, 0.2) is 22.6 Å². The molecule has 0 saturated carbocycles. The lowest BCUT2D eigenvalue weighted by Gasteiger charge is -2.10. The van der Waals surface area contributed by atoms with Gasteiger partial charge < -0.3 is 9.88 Å². The van der Waals surface area contributed by atoms with Crippen molar-refractivity contribution in [3.05, 3.63) is 35.9 Å². The first kappa shape index (κ1) is 16.3. The number of hydrogen-bond acceptors (Lipinski definition) is 4. The number of carbonyl (C=O) groups is 1. The van der Waals surface area contributed by atoms with Crippen LogP contribution in [0.4, 0.5) is 18.9 Å². The highest BCUT2D eigenvalue weighted by Gasteiger charge is 2.16. The second-order valence-electron chi connectivity index (χ2n) is 4.67. The molecular formula is C13H13F3N4OS. The molecule has 9 heteroatoms. The third kappa shape index (κ3) is 3.59. The van der Waals surface area contributed by atoms with E-state index < -0.39 is 29.0 Å². The highest BCUT2D eigenvalue weighted by Crippen LogP contribution is 2.21. The van der Waals surface area contributed by atoms with E-state index in [0.717, 1.165) is 23.9 Å². The molecule has 2 rings (SSSR count). The number of nitrogens with zero attached hydrogens (tertiary/aromatic N) is 3. The highest BCUT2D eigenvalue weighted by atomic mass is 32.2. The molecule has 0 aliphatic heterocycles. The van der Waals surface area contributed by atoms with E-state index >= 15 is 0 Å². The molecule has 0 spiro atoms. The van der Waals surface area contributed by atoms with Crippen LogP contribution in [0.15, 0.2) is 23.6 Å². The molecule has 0 radical (unpaired) electrons. The molecule has 2 aromatic rings. The van der Waals surface area contributed by atoms with Gasteiger partial charge in [-0.25, -0.2) is 13.2 Å². The van der Waals surface area contributed by atoms with E-state index in [4.69, 9.17) is 0 Å². The lowest BCUT2D eigenvalue weighted by molar-refractivity contribution is -0.113. The van der Waals surface area contributed by atoms with Gasteiger partial charge in [0.1, 0.15) is 6.33 Å². The summed E-state index contributed by atoms with van der Waals surface area (Å²) in [4.78, 5) is 11.8. The fourth-order valence-corrected chi connectivity index (χ4v) is 2.47. The summed E-state index contributed by atoms with van der Waals surface area (Å²) in [5.74, 6) is -4.99. The van der Waals surface area contributed by atoms with Crippen molar-refractivity contribution in [2.45, 2.75) is 25.0 Å². The zero-order valence-electron chi connectivity index (χ0n) is 11.8. The number of rotatable bonds is 5. The summed E-state index contributed by atoms with van der Waals surface area (Å²) in [5.41, 5.74) is -0.408. The minimum atomic E-state index is -1.62. The number of hydrogen-bond donors (Lipinski definition) is 1. The maximum Gasteiger partial charge on any atom is 0.234 e. The number of amides is 1. The quantitative estimate of drug-likeness (QED) is 0.676. The molecule has 0 aliphatic rings. The SMILES string of the molecule is CC(C)n1cnnc1SCC(=O)Nc1ccc(F)c(F)c1F. The molecule has 0 fully saturated rings. The van der Waals surface area contributed by atoms with Crippen LogP contribution in [0, 0.1) is 17.5 Å². The fraction of sp³-hybridized carbons (Fsp3) is 0.308. The minimum Gasteiger partial charge on any atom is -0.323 e. The predicted molar refractivity (Wildman–Crippen MR) is 76.1 cm³/mol. The maximum absolute atomic E-state index is 13.4. The summed E-state index contributed by atoms with van der Waals surface area (Å²) in [7, 11) is 0. The molecule has 1 amide bonds. The largest absolute Gasteiger partial charge is 0.323 e. The van der Waals surface area contributed by atoms with Crippen LogP contribution in [0.5, 0.6) is 0 Å². The Morgan fingerprint density at radius 2 is 2.05 bits per heavy atom.